The van der Waals surface area contributed by atoms with E-state index in [1.165, 1.54) is 11.3 Å². The van der Waals surface area contributed by atoms with Crippen LogP contribution in [0.25, 0.3) is 0 Å². The number of thiophene rings is 1. The average Bonchev–Trinajstić information content (AvgIpc) is 3.10. The van der Waals surface area contributed by atoms with Gasteiger partial charge in [0.25, 0.3) is 11.8 Å². The SMILES string of the molecule is CC1CCCN(C(=O)c2cc3c(s2)CCN(C(=O)c2ccccc2)C3)C1. The van der Waals surface area contributed by atoms with Gasteiger partial charge in [-0.1, -0.05) is 25.1 Å². The molecule has 0 aliphatic carbocycles. The second-order valence-electron chi connectivity index (χ2n) is 7.40. The molecule has 2 amide bonds. The summed E-state index contributed by atoms with van der Waals surface area (Å²) in [5, 5.41) is 0. The number of amides is 2. The molecule has 2 aromatic rings. The van der Waals surface area contributed by atoms with Crippen LogP contribution >= 0.6 is 11.3 Å². The number of carbonyl (C=O) groups is 2. The maximum atomic E-state index is 12.9. The second kappa shape index (κ2) is 7.23. The molecule has 1 atom stereocenters. The first kappa shape index (κ1) is 17.3. The molecule has 1 saturated heterocycles. The highest BCUT2D eigenvalue weighted by molar-refractivity contribution is 7.14. The number of nitrogens with zero attached hydrogens (tertiary/aromatic N) is 2. The Morgan fingerprint density at radius 1 is 1.08 bits per heavy atom. The van der Waals surface area contributed by atoms with Gasteiger partial charge in [0, 0.05) is 36.6 Å². The van der Waals surface area contributed by atoms with Gasteiger partial charge >= 0.3 is 0 Å². The number of benzene rings is 1. The smallest absolute Gasteiger partial charge is 0.263 e. The lowest BCUT2D eigenvalue weighted by molar-refractivity contribution is 0.0687. The molecule has 26 heavy (non-hydrogen) atoms. The predicted molar refractivity (Wildman–Crippen MR) is 104 cm³/mol. The number of hydrogen-bond donors (Lipinski definition) is 0. The van der Waals surface area contributed by atoms with Crippen LogP contribution < -0.4 is 0 Å². The predicted octanol–water partition coefficient (Wildman–Crippen LogP) is 3.82. The number of hydrogen-bond acceptors (Lipinski definition) is 3. The number of fused-ring (bicyclic) bond motifs is 1. The summed E-state index contributed by atoms with van der Waals surface area (Å²) in [4.78, 5) is 31.5. The summed E-state index contributed by atoms with van der Waals surface area (Å²) in [6, 6.07) is 11.4. The molecule has 136 valence electrons. The summed E-state index contributed by atoms with van der Waals surface area (Å²) in [5.41, 5.74) is 1.86. The molecule has 0 radical (unpaired) electrons. The third-order valence-corrected chi connectivity index (χ3v) is 6.55. The molecule has 0 saturated carbocycles. The van der Waals surface area contributed by atoms with Crippen LogP contribution in [0.4, 0.5) is 0 Å². The maximum absolute atomic E-state index is 12.9. The fourth-order valence-electron chi connectivity index (χ4n) is 3.90. The summed E-state index contributed by atoms with van der Waals surface area (Å²) >= 11 is 1.62. The van der Waals surface area contributed by atoms with Gasteiger partial charge in [0.15, 0.2) is 0 Å². The number of likely N-dealkylation sites (tertiary alicyclic amines) is 1. The Morgan fingerprint density at radius 2 is 1.88 bits per heavy atom. The second-order valence-corrected chi connectivity index (χ2v) is 8.54. The normalized spacial score (nSPS) is 20.0. The minimum absolute atomic E-state index is 0.0696. The van der Waals surface area contributed by atoms with Crippen molar-refractivity contribution < 1.29 is 9.59 Å². The first-order chi connectivity index (χ1) is 12.6. The number of piperidine rings is 1. The van der Waals surface area contributed by atoms with E-state index in [1.54, 1.807) is 11.3 Å². The van der Waals surface area contributed by atoms with E-state index in [4.69, 9.17) is 0 Å². The summed E-state index contributed by atoms with van der Waals surface area (Å²) in [7, 11) is 0. The highest BCUT2D eigenvalue weighted by Crippen LogP contribution is 2.30. The molecule has 4 rings (SSSR count). The monoisotopic (exact) mass is 368 g/mol. The van der Waals surface area contributed by atoms with Crippen molar-refractivity contribution in [2.75, 3.05) is 19.6 Å². The van der Waals surface area contributed by atoms with E-state index in [-0.39, 0.29) is 11.8 Å². The lowest BCUT2D eigenvalue weighted by Gasteiger charge is -2.30. The zero-order chi connectivity index (χ0) is 18.1. The molecule has 5 heteroatoms. The van der Waals surface area contributed by atoms with Crippen molar-refractivity contribution in [2.45, 2.75) is 32.7 Å². The first-order valence-corrected chi connectivity index (χ1v) is 10.2. The van der Waals surface area contributed by atoms with Gasteiger partial charge in [-0.2, -0.15) is 0 Å². The van der Waals surface area contributed by atoms with Crippen LogP contribution in [0.3, 0.4) is 0 Å². The van der Waals surface area contributed by atoms with Crippen molar-refractivity contribution in [1.29, 1.82) is 0 Å². The largest absolute Gasteiger partial charge is 0.338 e. The molecule has 0 spiro atoms. The molecule has 1 aromatic carbocycles. The zero-order valence-electron chi connectivity index (χ0n) is 15.1. The van der Waals surface area contributed by atoms with E-state index in [0.29, 0.717) is 12.5 Å². The van der Waals surface area contributed by atoms with Gasteiger partial charge in [-0.15, -0.1) is 11.3 Å². The zero-order valence-corrected chi connectivity index (χ0v) is 15.9. The highest BCUT2D eigenvalue weighted by atomic mass is 32.1. The summed E-state index contributed by atoms with van der Waals surface area (Å²) < 4.78 is 0. The van der Waals surface area contributed by atoms with Gasteiger partial charge in [-0.3, -0.25) is 9.59 Å². The van der Waals surface area contributed by atoms with Crippen LogP contribution in [0, 0.1) is 5.92 Å². The summed E-state index contributed by atoms with van der Waals surface area (Å²) in [6.45, 7) is 5.26. The van der Waals surface area contributed by atoms with E-state index in [0.717, 1.165) is 48.5 Å². The molecular weight excluding hydrogens is 344 g/mol. The van der Waals surface area contributed by atoms with Crippen molar-refractivity contribution >= 4 is 23.2 Å². The van der Waals surface area contributed by atoms with Crippen LogP contribution in [-0.2, 0) is 13.0 Å². The van der Waals surface area contributed by atoms with Crippen LogP contribution in [0.5, 0.6) is 0 Å². The van der Waals surface area contributed by atoms with Crippen molar-refractivity contribution in [3.63, 3.8) is 0 Å². The molecule has 1 fully saturated rings. The van der Waals surface area contributed by atoms with Gasteiger partial charge < -0.3 is 9.80 Å². The van der Waals surface area contributed by atoms with Crippen LogP contribution in [0.2, 0.25) is 0 Å². The molecule has 1 unspecified atom stereocenters. The molecule has 2 aliphatic rings. The highest BCUT2D eigenvalue weighted by Gasteiger charge is 2.28. The topological polar surface area (TPSA) is 40.6 Å². The van der Waals surface area contributed by atoms with Gasteiger partial charge in [-0.25, -0.2) is 0 Å². The standard InChI is InChI=1S/C21H24N2O2S/c1-15-6-5-10-22(13-15)21(25)19-12-17-14-23(11-9-18(17)26-19)20(24)16-7-3-2-4-8-16/h2-4,7-8,12,15H,5-6,9-11,13-14H2,1H3. The van der Waals surface area contributed by atoms with Crippen LogP contribution in [-0.4, -0.2) is 41.2 Å². The van der Waals surface area contributed by atoms with E-state index >= 15 is 0 Å². The first-order valence-electron chi connectivity index (χ1n) is 9.37. The minimum atomic E-state index is 0.0696. The van der Waals surface area contributed by atoms with Crippen molar-refractivity contribution in [3.8, 4) is 0 Å². The van der Waals surface area contributed by atoms with Crippen LogP contribution in [0.15, 0.2) is 36.4 Å². The van der Waals surface area contributed by atoms with E-state index < -0.39 is 0 Å². The summed E-state index contributed by atoms with van der Waals surface area (Å²) in [6.07, 6.45) is 3.14. The molecule has 3 heterocycles. The van der Waals surface area contributed by atoms with Gasteiger partial charge in [-0.05, 0) is 48.9 Å². The Kier molecular flexibility index (Phi) is 4.81. The Labute approximate surface area is 158 Å². The van der Waals surface area contributed by atoms with E-state index in [9.17, 15) is 9.59 Å². The summed E-state index contributed by atoms with van der Waals surface area (Å²) in [5.74, 6) is 0.818. The molecule has 2 aliphatic heterocycles. The lowest BCUT2D eigenvalue weighted by Crippen LogP contribution is -2.38. The molecule has 0 N–H and O–H groups in total. The van der Waals surface area contributed by atoms with Crippen molar-refractivity contribution in [2.24, 2.45) is 5.92 Å². The molecule has 1 aromatic heterocycles. The van der Waals surface area contributed by atoms with Crippen molar-refractivity contribution in [1.82, 2.24) is 9.80 Å². The Morgan fingerprint density at radius 3 is 2.65 bits per heavy atom. The number of rotatable bonds is 2. The Balaban J connectivity index is 1.49. The molecular formula is C21H24N2O2S. The van der Waals surface area contributed by atoms with Crippen LogP contribution in [0.1, 0.15) is 50.2 Å². The molecule has 0 bridgehead atoms. The quantitative estimate of drug-likeness (QED) is 0.809. The fourth-order valence-corrected chi connectivity index (χ4v) is 5.04. The lowest BCUT2D eigenvalue weighted by atomic mass is 10.00. The minimum Gasteiger partial charge on any atom is -0.338 e. The Hall–Kier alpha value is -2.14. The molecule has 4 nitrogen and oxygen atoms in total. The van der Waals surface area contributed by atoms with Gasteiger partial charge in [0.05, 0.1) is 4.88 Å². The van der Waals surface area contributed by atoms with Crippen molar-refractivity contribution in [3.05, 3.63) is 57.3 Å². The van der Waals surface area contributed by atoms with Gasteiger partial charge in [0.2, 0.25) is 0 Å². The Bertz CT molecular complexity index is 815. The third-order valence-electron chi connectivity index (χ3n) is 5.33. The van der Waals surface area contributed by atoms with E-state index in [1.807, 2.05) is 46.2 Å². The average molecular weight is 369 g/mol. The fraction of sp³-hybridized carbons (Fsp3) is 0.429. The van der Waals surface area contributed by atoms with Gasteiger partial charge in [0.1, 0.15) is 0 Å². The van der Waals surface area contributed by atoms with E-state index in [2.05, 4.69) is 6.92 Å². The third kappa shape index (κ3) is 3.40. The maximum Gasteiger partial charge on any atom is 0.263 e. The number of carbonyl (C=O) groups excluding carboxylic acids is 2.